The number of fused-ring (bicyclic) bond motifs is 3. The van der Waals surface area contributed by atoms with Crippen LogP contribution in [0.3, 0.4) is 0 Å². The Hall–Kier alpha value is -3.60. The van der Waals surface area contributed by atoms with Crippen LogP contribution in [0.2, 0.25) is 5.31 Å². The van der Waals surface area contributed by atoms with E-state index in [1.807, 2.05) is 6.20 Å². The number of aryl methyl sites for hydroxylation is 1. The molecule has 0 aliphatic carbocycles. The summed E-state index contributed by atoms with van der Waals surface area (Å²) in [6.45, 7) is 14.2. The van der Waals surface area contributed by atoms with Gasteiger partial charge < -0.3 is 9.62 Å². The predicted molar refractivity (Wildman–Crippen MR) is 178 cm³/mol. The Morgan fingerprint density at radius 1 is 0.786 bits per heavy atom. The molecule has 2 aromatic carbocycles. The SMILES string of the molecule is CCCCc1cccc(-c2ccnc(N3CCN4B3C(C)(CC)CC(C)(CC)[n+]3ccc(-c5ccccc5)cc34)c2)c1. The summed E-state index contributed by atoms with van der Waals surface area (Å²) in [5.74, 6) is 2.41. The van der Waals surface area contributed by atoms with Gasteiger partial charge in [0.05, 0.1) is 12.7 Å². The second-order valence-corrected chi connectivity index (χ2v) is 13.0. The Morgan fingerprint density at radius 3 is 2.29 bits per heavy atom. The van der Waals surface area contributed by atoms with E-state index in [0.29, 0.717) is 0 Å². The smallest absolute Gasteiger partial charge is 0.355 e. The molecule has 216 valence electrons. The third-order valence-corrected chi connectivity index (χ3v) is 10.2. The van der Waals surface area contributed by atoms with Crippen LogP contribution < -0.4 is 14.2 Å². The van der Waals surface area contributed by atoms with Crippen molar-refractivity contribution in [2.24, 2.45) is 0 Å². The van der Waals surface area contributed by atoms with Crippen molar-refractivity contribution in [3.05, 3.63) is 96.8 Å². The summed E-state index contributed by atoms with van der Waals surface area (Å²) in [4.78, 5) is 10.3. The largest absolute Gasteiger partial charge is 0.504 e. The summed E-state index contributed by atoms with van der Waals surface area (Å²) >= 11 is 0. The quantitative estimate of drug-likeness (QED) is 0.160. The number of benzene rings is 2. The Balaban J connectivity index is 1.43. The number of nitrogens with zero attached hydrogens (tertiary/aromatic N) is 4. The molecule has 0 N–H and O–H groups in total. The summed E-state index contributed by atoms with van der Waals surface area (Å²) in [6, 6.07) is 29.2. The zero-order chi connectivity index (χ0) is 29.3. The second-order valence-electron chi connectivity index (χ2n) is 13.0. The van der Waals surface area contributed by atoms with Crippen LogP contribution in [0.1, 0.15) is 72.3 Å². The van der Waals surface area contributed by atoms with Crippen molar-refractivity contribution in [2.75, 3.05) is 22.7 Å². The van der Waals surface area contributed by atoms with Gasteiger partial charge in [-0.1, -0.05) is 95.1 Å². The third kappa shape index (κ3) is 5.12. The highest BCUT2D eigenvalue weighted by Gasteiger charge is 2.61. The Labute approximate surface area is 253 Å². The molecule has 2 aliphatic heterocycles. The molecular formula is C37H46BN4+. The summed E-state index contributed by atoms with van der Waals surface area (Å²) in [5.41, 5.74) is 6.53. The molecule has 1 saturated heterocycles. The molecule has 4 aromatic rings. The molecule has 4 nitrogen and oxygen atoms in total. The minimum atomic E-state index is 0.0273. The van der Waals surface area contributed by atoms with Gasteiger partial charge in [0, 0.05) is 24.1 Å². The highest BCUT2D eigenvalue weighted by Crippen LogP contribution is 2.51. The van der Waals surface area contributed by atoms with E-state index in [9.17, 15) is 0 Å². The van der Waals surface area contributed by atoms with E-state index in [-0.39, 0.29) is 17.8 Å². The summed E-state index contributed by atoms with van der Waals surface area (Å²) in [5, 5.41) is 0.0813. The molecule has 42 heavy (non-hydrogen) atoms. The van der Waals surface area contributed by atoms with Crippen LogP contribution >= 0.6 is 0 Å². The van der Waals surface area contributed by atoms with Gasteiger partial charge in [-0.25, -0.2) is 9.55 Å². The summed E-state index contributed by atoms with van der Waals surface area (Å²) < 4.78 is 2.59. The van der Waals surface area contributed by atoms with E-state index in [1.54, 1.807) is 0 Å². The molecule has 0 bridgehead atoms. The molecule has 2 aromatic heterocycles. The minimum absolute atomic E-state index is 0.0273. The van der Waals surface area contributed by atoms with Gasteiger partial charge in [-0.15, -0.1) is 0 Å². The fourth-order valence-electron chi connectivity index (χ4n) is 7.53. The monoisotopic (exact) mass is 557 g/mol. The number of unbranched alkanes of at least 4 members (excludes halogenated alkanes) is 1. The molecule has 0 radical (unpaired) electrons. The molecular weight excluding hydrogens is 511 g/mol. The van der Waals surface area contributed by atoms with Crippen LogP contribution in [-0.2, 0) is 12.0 Å². The molecule has 4 heterocycles. The van der Waals surface area contributed by atoms with Crippen LogP contribution in [-0.4, -0.2) is 25.1 Å². The van der Waals surface area contributed by atoms with E-state index in [4.69, 9.17) is 4.98 Å². The van der Waals surface area contributed by atoms with Crippen LogP contribution in [0.4, 0.5) is 11.6 Å². The minimum Gasteiger partial charge on any atom is -0.355 e. The van der Waals surface area contributed by atoms with Gasteiger partial charge in [0.15, 0.2) is 0 Å². The Bertz CT molecular complexity index is 1540. The molecule has 2 unspecified atom stereocenters. The third-order valence-electron chi connectivity index (χ3n) is 10.2. The van der Waals surface area contributed by atoms with Gasteiger partial charge in [0.1, 0.15) is 11.4 Å². The highest BCUT2D eigenvalue weighted by molar-refractivity contribution is 6.71. The van der Waals surface area contributed by atoms with Gasteiger partial charge in [0.2, 0.25) is 0 Å². The molecule has 0 spiro atoms. The maximum atomic E-state index is 5.01. The van der Waals surface area contributed by atoms with Crippen LogP contribution in [0, 0.1) is 0 Å². The maximum absolute atomic E-state index is 5.01. The van der Waals surface area contributed by atoms with E-state index in [2.05, 4.69) is 134 Å². The van der Waals surface area contributed by atoms with Crippen molar-refractivity contribution < 1.29 is 4.57 Å². The topological polar surface area (TPSA) is 23.3 Å². The molecule has 1 fully saturated rings. The lowest BCUT2D eigenvalue weighted by atomic mass is 9.45. The molecule has 5 heteroatoms. The lowest BCUT2D eigenvalue weighted by Gasteiger charge is -2.37. The zero-order valence-corrected chi connectivity index (χ0v) is 26.2. The molecule has 2 aliphatic rings. The van der Waals surface area contributed by atoms with Gasteiger partial charge in [-0.3, -0.25) is 0 Å². The number of aromatic nitrogens is 2. The first-order chi connectivity index (χ1) is 20.4. The van der Waals surface area contributed by atoms with Crippen LogP contribution in [0.25, 0.3) is 22.3 Å². The normalized spacial score (nSPS) is 21.7. The maximum Gasteiger partial charge on any atom is 0.504 e. The average Bonchev–Trinajstić information content (AvgIpc) is 3.47. The Kier molecular flexibility index (Phi) is 7.87. The number of pyridine rings is 2. The fraction of sp³-hybridized carbons (Fsp3) is 0.405. The number of rotatable bonds is 8. The molecule has 6 rings (SSSR count). The van der Waals surface area contributed by atoms with Gasteiger partial charge in [-0.2, -0.15) is 0 Å². The van der Waals surface area contributed by atoms with E-state index < -0.39 is 0 Å². The van der Waals surface area contributed by atoms with Gasteiger partial charge in [0.25, 0.3) is 5.82 Å². The lowest BCUT2D eigenvalue weighted by Crippen LogP contribution is -2.55. The first-order valence-corrected chi connectivity index (χ1v) is 16.1. The Morgan fingerprint density at radius 2 is 1.52 bits per heavy atom. The van der Waals surface area contributed by atoms with Crippen molar-refractivity contribution in [2.45, 2.75) is 84.0 Å². The standard InChI is InChI=1S/C37H46BN4/c1-6-9-14-29-15-13-18-31(25-29)32-19-21-39-34(26-32)41-23-24-42-35-27-33(30-16-11-10-12-17-30)20-22-40(35)37(5,8-3)28-36(4,7-2)38(41)42/h10-13,15-22,25-27H,6-9,14,23-24,28H2,1-5H3/q+1. The van der Waals surface area contributed by atoms with Crippen LogP contribution in [0.15, 0.2) is 91.3 Å². The summed E-state index contributed by atoms with van der Waals surface area (Å²) in [6.07, 6.45) is 11.3. The molecule has 0 amide bonds. The van der Waals surface area contributed by atoms with Crippen molar-refractivity contribution in [1.29, 1.82) is 0 Å². The van der Waals surface area contributed by atoms with E-state index >= 15 is 0 Å². The number of hydrogen-bond donors (Lipinski definition) is 0. The number of anilines is 2. The fourth-order valence-corrected chi connectivity index (χ4v) is 7.53. The highest BCUT2D eigenvalue weighted by atomic mass is 15.4. The average molecular weight is 558 g/mol. The first-order valence-electron chi connectivity index (χ1n) is 16.1. The molecule has 0 saturated carbocycles. The van der Waals surface area contributed by atoms with Crippen molar-refractivity contribution >= 4 is 18.6 Å². The van der Waals surface area contributed by atoms with Crippen molar-refractivity contribution in [3.8, 4) is 22.3 Å². The number of hydrogen-bond acceptors (Lipinski definition) is 3. The first kappa shape index (κ1) is 28.5. The van der Waals surface area contributed by atoms with Crippen molar-refractivity contribution in [1.82, 2.24) is 4.98 Å². The van der Waals surface area contributed by atoms with E-state index in [0.717, 1.165) is 44.6 Å². The van der Waals surface area contributed by atoms with Crippen LogP contribution in [0.5, 0.6) is 0 Å². The van der Waals surface area contributed by atoms with Gasteiger partial charge >= 0.3 is 6.98 Å². The van der Waals surface area contributed by atoms with Gasteiger partial charge in [-0.05, 0) is 78.6 Å². The zero-order valence-electron chi connectivity index (χ0n) is 26.2. The summed E-state index contributed by atoms with van der Waals surface area (Å²) in [7, 11) is 0. The predicted octanol–water partition coefficient (Wildman–Crippen LogP) is 8.56. The van der Waals surface area contributed by atoms with Crippen molar-refractivity contribution in [3.63, 3.8) is 0 Å². The molecule has 2 atom stereocenters. The van der Waals surface area contributed by atoms with E-state index in [1.165, 1.54) is 46.5 Å². The lowest BCUT2D eigenvalue weighted by molar-refractivity contribution is -0.751. The second kappa shape index (κ2) is 11.6.